The smallest absolute Gasteiger partial charge is 0.234 e. The Morgan fingerprint density at radius 3 is 2.07 bits per heavy atom. The summed E-state index contributed by atoms with van der Waals surface area (Å²) in [5.41, 5.74) is 1.78. The summed E-state index contributed by atoms with van der Waals surface area (Å²) in [4.78, 5) is 14.5. The van der Waals surface area contributed by atoms with Crippen LogP contribution in [0.3, 0.4) is 0 Å². The van der Waals surface area contributed by atoms with Crippen LogP contribution in [-0.4, -0.2) is 52.1 Å². The predicted octanol–water partition coefficient (Wildman–Crippen LogP) is 3.50. The van der Waals surface area contributed by atoms with E-state index in [1.807, 2.05) is 35.2 Å². The van der Waals surface area contributed by atoms with Gasteiger partial charge in [-0.25, -0.2) is 0 Å². The minimum absolute atomic E-state index is 0.0543. The molecule has 1 saturated heterocycles. The standard InChI is InChI=1S/C21H25NO6S/c1-24-15-8-6-7-13(19(15)27-4)11-22-18(23)12-29-21(22)14-9-16(25-2)20(28-5)17(10-14)26-3/h6-10,21H,11-12H2,1-5H3. The number of para-hydroxylation sites is 1. The number of amides is 1. The van der Waals surface area contributed by atoms with Gasteiger partial charge >= 0.3 is 0 Å². The highest BCUT2D eigenvalue weighted by molar-refractivity contribution is 8.00. The van der Waals surface area contributed by atoms with Crippen molar-refractivity contribution in [3.63, 3.8) is 0 Å². The van der Waals surface area contributed by atoms with Crippen LogP contribution < -0.4 is 23.7 Å². The van der Waals surface area contributed by atoms with Crippen molar-refractivity contribution in [1.29, 1.82) is 0 Å². The molecule has 29 heavy (non-hydrogen) atoms. The summed E-state index contributed by atoms with van der Waals surface area (Å²) in [6, 6.07) is 9.42. The van der Waals surface area contributed by atoms with Crippen molar-refractivity contribution in [1.82, 2.24) is 4.90 Å². The zero-order chi connectivity index (χ0) is 21.0. The number of benzene rings is 2. The fourth-order valence-electron chi connectivity index (χ4n) is 3.41. The van der Waals surface area contributed by atoms with E-state index in [4.69, 9.17) is 23.7 Å². The number of hydrogen-bond donors (Lipinski definition) is 0. The Morgan fingerprint density at radius 2 is 1.52 bits per heavy atom. The van der Waals surface area contributed by atoms with Gasteiger partial charge in [0, 0.05) is 5.56 Å². The molecule has 1 fully saturated rings. The lowest BCUT2D eigenvalue weighted by Crippen LogP contribution is -2.28. The van der Waals surface area contributed by atoms with Crippen molar-refractivity contribution < 1.29 is 28.5 Å². The molecule has 0 radical (unpaired) electrons. The van der Waals surface area contributed by atoms with Gasteiger partial charge < -0.3 is 28.6 Å². The molecule has 0 saturated carbocycles. The van der Waals surface area contributed by atoms with Gasteiger partial charge in [-0.3, -0.25) is 4.79 Å². The molecule has 1 atom stereocenters. The molecule has 2 aromatic rings. The molecule has 8 heteroatoms. The number of carbonyl (C=O) groups is 1. The molecular weight excluding hydrogens is 394 g/mol. The SMILES string of the molecule is COc1cccc(CN2C(=O)CSC2c2cc(OC)c(OC)c(OC)c2)c1OC. The van der Waals surface area contributed by atoms with Gasteiger partial charge in [-0.1, -0.05) is 12.1 Å². The maximum atomic E-state index is 12.7. The number of hydrogen-bond acceptors (Lipinski definition) is 7. The number of thioether (sulfide) groups is 1. The van der Waals surface area contributed by atoms with Crippen LogP contribution in [0.15, 0.2) is 30.3 Å². The summed E-state index contributed by atoms with van der Waals surface area (Å²) in [7, 11) is 7.91. The third-order valence-electron chi connectivity index (χ3n) is 4.77. The van der Waals surface area contributed by atoms with E-state index >= 15 is 0 Å². The van der Waals surface area contributed by atoms with E-state index in [9.17, 15) is 4.79 Å². The zero-order valence-electron chi connectivity index (χ0n) is 17.2. The normalized spacial score (nSPS) is 16.0. The highest BCUT2D eigenvalue weighted by Gasteiger charge is 2.35. The second-order valence-electron chi connectivity index (χ2n) is 6.30. The van der Waals surface area contributed by atoms with Gasteiger partial charge in [-0.05, 0) is 23.8 Å². The van der Waals surface area contributed by atoms with Crippen molar-refractivity contribution in [2.75, 3.05) is 41.3 Å². The number of carbonyl (C=O) groups excluding carboxylic acids is 1. The Morgan fingerprint density at radius 1 is 0.897 bits per heavy atom. The van der Waals surface area contributed by atoms with Gasteiger partial charge in [0.05, 0.1) is 47.8 Å². The number of ether oxygens (including phenoxy) is 5. The van der Waals surface area contributed by atoms with Crippen molar-refractivity contribution >= 4 is 17.7 Å². The molecule has 2 aromatic carbocycles. The van der Waals surface area contributed by atoms with Crippen molar-refractivity contribution in [2.24, 2.45) is 0 Å². The number of rotatable bonds is 8. The average molecular weight is 419 g/mol. The molecule has 3 rings (SSSR count). The van der Waals surface area contributed by atoms with E-state index < -0.39 is 0 Å². The Kier molecular flexibility index (Phi) is 6.64. The summed E-state index contributed by atoms with van der Waals surface area (Å²) in [6.45, 7) is 0.396. The highest BCUT2D eigenvalue weighted by atomic mass is 32.2. The van der Waals surface area contributed by atoms with Gasteiger partial charge in [-0.15, -0.1) is 11.8 Å². The Balaban J connectivity index is 1.98. The zero-order valence-corrected chi connectivity index (χ0v) is 18.0. The summed E-state index contributed by atoms with van der Waals surface area (Å²) < 4.78 is 27.3. The van der Waals surface area contributed by atoms with Gasteiger partial charge in [0.2, 0.25) is 11.7 Å². The van der Waals surface area contributed by atoms with Crippen LogP contribution in [0.5, 0.6) is 28.7 Å². The molecular formula is C21H25NO6S. The summed E-state index contributed by atoms with van der Waals surface area (Å²) in [6.07, 6.45) is 0. The molecule has 1 heterocycles. The van der Waals surface area contributed by atoms with E-state index in [-0.39, 0.29) is 11.3 Å². The Bertz CT molecular complexity index is 862. The molecule has 0 aromatic heterocycles. The van der Waals surface area contributed by atoms with Gasteiger partial charge in [-0.2, -0.15) is 0 Å². The molecule has 156 valence electrons. The predicted molar refractivity (Wildman–Crippen MR) is 111 cm³/mol. The maximum Gasteiger partial charge on any atom is 0.234 e. The minimum atomic E-state index is -0.188. The maximum absolute atomic E-state index is 12.7. The summed E-state index contributed by atoms with van der Waals surface area (Å²) in [5, 5.41) is -0.188. The van der Waals surface area contributed by atoms with E-state index in [1.165, 1.54) is 0 Å². The molecule has 1 aliphatic heterocycles. The van der Waals surface area contributed by atoms with Gasteiger partial charge in [0.25, 0.3) is 0 Å². The fourth-order valence-corrected chi connectivity index (χ4v) is 4.57. The van der Waals surface area contributed by atoms with E-state index in [0.717, 1.165) is 11.1 Å². The monoisotopic (exact) mass is 419 g/mol. The third-order valence-corrected chi connectivity index (χ3v) is 6.02. The third kappa shape index (κ3) is 4.03. The summed E-state index contributed by atoms with van der Waals surface area (Å²) in [5.74, 6) is 3.35. The van der Waals surface area contributed by atoms with Crippen molar-refractivity contribution in [3.8, 4) is 28.7 Å². The van der Waals surface area contributed by atoms with Crippen molar-refractivity contribution in [2.45, 2.75) is 11.9 Å². The van der Waals surface area contributed by atoms with Gasteiger partial charge in [0.1, 0.15) is 5.37 Å². The molecule has 0 aliphatic carbocycles. The number of methoxy groups -OCH3 is 5. The highest BCUT2D eigenvalue weighted by Crippen LogP contribution is 2.46. The molecule has 0 spiro atoms. The lowest BCUT2D eigenvalue weighted by Gasteiger charge is -2.26. The first kappa shape index (κ1) is 21.0. The van der Waals surface area contributed by atoms with Crippen LogP contribution in [-0.2, 0) is 11.3 Å². The van der Waals surface area contributed by atoms with Gasteiger partial charge in [0.15, 0.2) is 23.0 Å². The Labute approximate surface area is 174 Å². The summed E-state index contributed by atoms with van der Waals surface area (Å²) >= 11 is 1.56. The molecule has 1 amide bonds. The molecule has 0 N–H and O–H groups in total. The second kappa shape index (κ2) is 9.17. The van der Waals surface area contributed by atoms with Crippen molar-refractivity contribution in [3.05, 3.63) is 41.5 Å². The Hall–Kier alpha value is -2.74. The fraction of sp³-hybridized carbons (Fsp3) is 0.381. The lowest BCUT2D eigenvalue weighted by atomic mass is 10.1. The molecule has 1 unspecified atom stereocenters. The van der Waals surface area contributed by atoms with Crippen LogP contribution in [0.25, 0.3) is 0 Å². The first-order valence-electron chi connectivity index (χ1n) is 8.98. The number of nitrogens with zero attached hydrogens (tertiary/aromatic N) is 1. The molecule has 7 nitrogen and oxygen atoms in total. The first-order chi connectivity index (χ1) is 14.1. The van der Waals surface area contributed by atoms with Crippen LogP contribution in [0.1, 0.15) is 16.5 Å². The first-order valence-corrected chi connectivity index (χ1v) is 10.0. The van der Waals surface area contributed by atoms with Crippen LogP contribution >= 0.6 is 11.8 Å². The van der Waals surface area contributed by atoms with Crippen LogP contribution in [0.2, 0.25) is 0 Å². The second-order valence-corrected chi connectivity index (χ2v) is 7.36. The quantitative estimate of drug-likeness (QED) is 0.649. The largest absolute Gasteiger partial charge is 0.493 e. The van der Waals surface area contributed by atoms with E-state index in [0.29, 0.717) is 41.0 Å². The van der Waals surface area contributed by atoms with Crippen LogP contribution in [0, 0.1) is 0 Å². The average Bonchev–Trinajstić information content (AvgIpc) is 3.12. The van der Waals surface area contributed by atoms with E-state index in [2.05, 4.69) is 0 Å². The van der Waals surface area contributed by atoms with E-state index in [1.54, 1.807) is 47.3 Å². The van der Waals surface area contributed by atoms with Crippen LogP contribution in [0.4, 0.5) is 0 Å². The topological polar surface area (TPSA) is 66.5 Å². The lowest BCUT2D eigenvalue weighted by molar-refractivity contribution is -0.128. The molecule has 1 aliphatic rings. The molecule has 0 bridgehead atoms. The minimum Gasteiger partial charge on any atom is -0.493 e.